The van der Waals surface area contributed by atoms with Crippen LogP contribution in [-0.4, -0.2) is 26.5 Å². The first-order valence-corrected chi connectivity index (χ1v) is 10.9. The highest BCUT2D eigenvalue weighted by molar-refractivity contribution is 6.07. The van der Waals surface area contributed by atoms with E-state index in [2.05, 4.69) is 28.4 Å². The van der Waals surface area contributed by atoms with Gasteiger partial charge in [0.25, 0.3) is 0 Å². The predicted molar refractivity (Wildman–Crippen MR) is 130 cm³/mol. The third-order valence-corrected chi connectivity index (χ3v) is 6.02. The lowest BCUT2D eigenvalue weighted by molar-refractivity contribution is -0.137. The van der Waals surface area contributed by atoms with Crippen LogP contribution in [0.2, 0.25) is 0 Å². The molecule has 0 unspecified atom stereocenters. The maximum absolute atomic E-state index is 12.8. The Bertz CT molecular complexity index is 1510. The maximum atomic E-state index is 12.8. The first-order chi connectivity index (χ1) is 17.2. The van der Waals surface area contributed by atoms with Crippen LogP contribution in [0.15, 0.2) is 74.1 Å². The highest BCUT2D eigenvalue weighted by atomic mass is 19.4. The fourth-order valence-corrected chi connectivity index (χ4v) is 4.34. The maximum Gasteiger partial charge on any atom is 0.416 e. The number of amides is 1. The molecule has 0 bridgehead atoms. The highest BCUT2D eigenvalue weighted by Crippen LogP contribution is 2.44. The average Bonchev–Trinajstić information content (AvgIpc) is 3.34. The van der Waals surface area contributed by atoms with E-state index >= 15 is 0 Å². The van der Waals surface area contributed by atoms with Gasteiger partial charge in [0.2, 0.25) is 5.91 Å². The number of aromatic nitrogens is 3. The first-order valence-electron chi connectivity index (χ1n) is 10.9. The number of hydrogen-bond acceptors (Lipinski definition) is 5. The molecule has 1 amide bonds. The van der Waals surface area contributed by atoms with Gasteiger partial charge in [0.05, 0.1) is 22.7 Å². The van der Waals surface area contributed by atoms with Crippen molar-refractivity contribution in [2.75, 3.05) is 5.73 Å². The summed E-state index contributed by atoms with van der Waals surface area (Å²) in [6.45, 7) is 8.13. The second kappa shape index (κ2) is 8.56. The summed E-state index contributed by atoms with van der Waals surface area (Å²) >= 11 is 0. The normalized spacial score (nSPS) is 15.1. The van der Waals surface area contributed by atoms with Gasteiger partial charge >= 0.3 is 6.18 Å². The van der Waals surface area contributed by atoms with Gasteiger partial charge in [0, 0.05) is 12.1 Å². The SMILES string of the molecule is C=CC(=O)N[C@@H]1Cn2c(c(-c3ccc(Oc4ccc(C(F)(F)F)cc4)cc3)c3c(N)ncnc32)C1=C. The number of nitrogens with zero attached hydrogens (tertiary/aromatic N) is 3. The summed E-state index contributed by atoms with van der Waals surface area (Å²) in [6, 6.07) is 11.2. The predicted octanol–water partition coefficient (Wildman–Crippen LogP) is 5.19. The number of hydrogen-bond donors (Lipinski definition) is 2. The molecule has 2 aromatic heterocycles. The molecule has 0 spiro atoms. The van der Waals surface area contributed by atoms with Crippen LogP contribution < -0.4 is 15.8 Å². The van der Waals surface area contributed by atoms with Crippen molar-refractivity contribution in [1.82, 2.24) is 19.9 Å². The van der Waals surface area contributed by atoms with Crippen molar-refractivity contribution in [1.29, 1.82) is 0 Å². The monoisotopic (exact) mass is 491 g/mol. The number of ether oxygens (including phenoxy) is 1. The topological polar surface area (TPSA) is 95.1 Å². The minimum absolute atomic E-state index is 0.276. The van der Waals surface area contributed by atoms with E-state index in [0.29, 0.717) is 34.7 Å². The lowest BCUT2D eigenvalue weighted by Gasteiger charge is -2.14. The van der Waals surface area contributed by atoms with E-state index in [0.717, 1.165) is 29.0 Å². The molecule has 36 heavy (non-hydrogen) atoms. The number of nitrogens with one attached hydrogen (secondary N) is 1. The van der Waals surface area contributed by atoms with Gasteiger partial charge in [-0.25, -0.2) is 9.97 Å². The molecular formula is C26H20F3N5O2. The van der Waals surface area contributed by atoms with Crippen LogP contribution in [0.5, 0.6) is 11.5 Å². The lowest BCUT2D eigenvalue weighted by Crippen LogP contribution is -2.33. The number of carbonyl (C=O) groups is 1. The highest BCUT2D eigenvalue weighted by Gasteiger charge is 2.34. The van der Waals surface area contributed by atoms with Gasteiger partial charge in [0.1, 0.15) is 29.3 Å². The van der Waals surface area contributed by atoms with Crippen LogP contribution in [0.3, 0.4) is 0 Å². The minimum Gasteiger partial charge on any atom is -0.457 e. The Kier molecular flexibility index (Phi) is 5.51. The van der Waals surface area contributed by atoms with Gasteiger partial charge in [-0.05, 0) is 53.6 Å². The molecule has 182 valence electrons. The van der Waals surface area contributed by atoms with Gasteiger partial charge in [-0.3, -0.25) is 4.79 Å². The molecule has 0 radical (unpaired) electrons. The minimum atomic E-state index is -4.41. The largest absolute Gasteiger partial charge is 0.457 e. The third-order valence-electron chi connectivity index (χ3n) is 6.02. The van der Waals surface area contributed by atoms with E-state index in [1.54, 1.807) is 12.1 Å². The number of nitrogens with two attached hydrogens (primary N) is 1. The Balaban J connectivity index is 1.50. The lowest BCUT2D eigenvalue weighted by atomic mass is 9.97. The van der Waals surface area contributed by atoms with Crippen molar-refractivity contribution in [3.63, 3.8) is 0 Å². The molecule has 1 aliphatic heterocycles. The standard InChI is InChI=1S/C26H20F3N5O2/c1-3-20(35)33-19-12-34-23(14(19)2)21(22-24(30)31-13-32-25(22)34)15-4-8-17(9-5-15)36-18-10-6-16(7-11-18)26(27,28)29/h3-11,13,19H,1-2,12H2,(H,33,35)(H2,30,31,32)/t19-/m1/s1. The third kappa shape index (κ3) is 3.96. The molecule has 4 aromatic rings. The number of carbonyl (C=O) groups excluding carboxylic acids is 1. The Morgan fingerprint density at radius 3 is 2.36 bits per heavy atom. The zero-order valence-electron chi connectivity index (χ0n) is 18.8. The van der Waals surface area contributed by atoms with Crippen molar-refractivity contribution in [3.05, 3.63) is 85.3 Å². The molecule has 3 N–H and O–H groups in total. The van der Waals surface area contributed by atoms with Crippen molar-refractivity contribution in [2.24, 2.45) is 0 Å². The summed E-state index contributed by atoms with van der Waals surface area (Å²) in [6.07, 6.45) is -1.83. The van der Waals surface area contributed by atoms with E-state index in [1.807, 2.05) is 16.7 Å². The first kappa shape index (κ1) is 23.2. The molecule has 7 nitrogen and oxygen atoms in total. The number of alkyl halides is 3. The molecular weight excluding hydrogens is 471 g/mol. The van der Waals surface area contributed by atoms with E-state index in [1.165, 1.54) is 24.5 Å². The fraction of sp³-hybridized carbons (Fsp3) is 0.115. The Hall–Kier alpha value is -4.60. The van der Waals surface area contributed by atoms with E-state index in [-0.39, 0.29) is 17.7 Å². The molecule has 5 rings (SSSR count). The van der Waals surface area contributed by atoms with Gasteiger partial charge in [-0.15, -0.1) is 0 Å². The number of benzene rings is 2. The van der Waals surface area contributed by atoms with Crippen LogP contribution in [0.4, 0.5) is 19.0 Å². The van der Waals surface area contributed by atoms with Crippen molar-refractivity contribution in [3.8, 4) is 22.6 Å². The second-order valence-electron chi connectivity index (χ2n) is 8.23. The number of anilines is 1. The van der Waals surface area contributed by atoms with Crippen molar-refractivity contribution in [2.45, 2.75) is 18.8 Å². The van der Waals surface area contributed by atoms with Crippen molar-refractivity contribution >= 4 is 28.3 Å². The van der Waals surface area contributed by atoms with Crippen LogP contribution in [0, 0.1) is 0 Å². The summed E-state index contributed by atoms with van der Waals surface area (Å²) in [5.74, 6) is 0.716. The number of halogens is 3. The number of fused-ring (bicyclic) bond motifs is 3. The Morgan fingerprint density at radius 2 is 1.75 bits per heavy atom. The van der Waals surface area contributed by atoms with E-state index < -0.39 is 11.7 Å². The number of rotatable bonds is 5. The molecule has 2 aromatic carbocycles. The van der Waals surface area contributed by atoms with Crippen LogP contribution in [0.1, 0.15) is 11.3 Å². The molecule has 0 saturated heterocycles. The van der Waals surface area contributed by atoms with Crippen molar-refractivity contribution < 1.29 is 22.7 Å². The van der Waals surface area contributed by atoms with Gasteiger partial charge in [0.15, 0.2) is 0 Å². The summed E-state index contributed by atoms with van der Waals surface area (Å²) in [5.41, 5.74) is 9.13. The molecule has 0 saturated carbocycles. The summed E-state index contributed by atoms with van der Waals surface area (Å²) in [4.78, 5) is 20.5. The zero-order chi connectivity index (χ0) is 25.6. The summed E-state index contributed by atoms with van der Waals surface area (Å²) in [5, 5.41) is 3.54. The van der Waals surface area contributed by atoms with Gasteiger partial charge < -0.3 is 20.4 Å². The molecule has 1 aliphatic rings. The summed E-state index contributed by atoms with van der Waals surface area (Å²) < 4.78 is 46.1. The molecule has 10 heteroatoms. The smallest absolute Gasteiger partial charge is 0.416 e. The van der Waals surface area contributed by atoms with Gasteiger partial charge in [-0.1, -0.05) is 25.3 Å². The van der Waals surface area contributed by atoms with Crippen LogP contribution in [0.25, 0.3) is 27.7 Å². The zero-order valence-corrected chi connectivity index (χ0v) is 18.8. The average molecular weight is 491 g/mol. The number of nitrogen functional groups attached to an aromatic ring is 1. The molecule has 1 atom stereocenters. The van der Waals surface area contributed by atoms with Crippen LogP contribution >= 0.6 is 0 Å². The molecule has 0 aliphatic carbocycles. The van der Waals surface area contributed by atoms with Gasteiger partial charge in [-0.2, -0.15) is 13.2 Å². The van der Waals surface area contributed by atoms with E-state index in [4.69, 9.17) is 10.5 Å². The Morgan fingerprint density at radius 1 is 1.11 bits per heavy atom. The molecule has 0 fully saturated rings. The Labute approximate surface area is 203 Å². The van der Waals surface area contributed by atoms with Crippen LogP contribution in [-0.2, 0) is 17.5 Å². The quantitative estimate of drug-likeness (QED) is 0.375. The van der Waals surface area contributed by atoms with E-state index in [9.17, 15) is 18.0 Å². The summed E-state index contributed by atoms with van der Waals surface area (Å²) in [7, 11) is 0. The molecule has 3 heterocycles. The second-order valence-corrected chi connectivity index (χ2v) is 8.23. The fourth-order valence-electron chi connectivity index (χ4n) is 4.34.